The summed E-state index contributed by atoms with van der Waals surface area (Å²) in [6, 6.07) is 0. The standard InChI is InChI=1S/C17H27FN2.C2H6/c1-5-9-10-14(13(6-2)7-3)11-17-19-12-15(18)16(8-4)20-17;1-2/h10,12-13H,5-9,11H2,1-4H3;1-2H3/b14-10-;. The zero-order valence-corrected chi connectivity index (χ0v) is 15.2. The molecular weight excluding hydrogens is 275 g/mol. The van der Waals surface area contributed by atoms with E-state index in [0.29, 0.717) is 18.0 Å². The summed E-state index contributed by atoms with van der Waals surface area (Å²) >= 11 is 0. The third-order valence-electron chi connectivity index (χ3n) is 3.77. The molecule has 0 saturated heterocycles. The van der Waals surface area contributed by atoms with E-state index < -0.39 is 0 Å². The van der Waals surface area contributed by atoms with Crippen LogP contribution in [-0.4, -0.2) is 9.97 Å². The fourth-order valence-electron chi connectivity index (χ4n) is 2.49. The lowest BCUT2D eigenvalue weighted by atomic mass is 9.90. The lowest BCUT2D eigenvalue weighted by Gasteiger charge is -2.17. The van der Waals surface area contributed by atoms with E-state index in [-0.39, 0.29) is 5.82 Å². The molecule has 0 unspecified atom stereocenters. The first kappa shape index (κ1) is 20.8. The van der Waals surface area contributed by atoms with E-state index in [1.54, 1.807) is 0 Å². The van der Waals surface area contributed by atoms with Crippen molar-refractivity contribution < 1.29 is 4.39 Å². The Bertz CT molecular complexity index is 437. The summed E-state index contributed by atoms with van der Waals surface area (Å²) in [6.45, 7) is 12.5. The summed E-state index contributed by atoms with van der Waals surface area (Å²) in [5.41, 5.74) is 1.93. The minimum absolute atomic E-state index is 0.294. The highest BCUT2D eigenvalue weighted by molar-refractivity contribution is 5.15. The number of unbranched alkanes of at least 4 members (excludes halogenated alkanes) is 1. The van der Waals surface area contributed by atoms with Gasteiger partial charge >= 0.3 is 0 Å². The van der Waals surface area contributed by atoms with Crippen molar-refractivity contribution >= 4 is 0 Å². The highest BCUT2D eigenvalue weighted by Gasteiger charge is 2.13. The third-order valence-corrected chi connectivity index (χ3v) is 3.77. The summed E-state index contributed by atoms with van der Waals surface area (Å²) in [5, 5.41) is 0. The van der Waals surface area contributed by atoms with Crippen LogP contribution in [0.2, 0.25) is 0 Å². The first-order valence-corrected chi connectivity index (χ1v) is 8.85. The Labute approximate surface area is 136 Å². The van der Waals surface area contributed by atoms with Crippen LogP contribution >= 0.6 is 0 Å². The third kappa shape index (κ3) is 6.67. The smallest absolute Gasteiger partial charge is 0.162 e. The van der Waals surface area contributed by atoms with Gasteiger partial charge in [0.05, 0.1) is 11.9 Å². The minimum Gasteiger partial charge on any atom is -0.238 e. The van der Waals surface area contributed by atoms with Crippen LogP contribution in [0, 0.1) is 11.7 Å². The van der Waals surface area contributed by atoms with E-state index in [9.17, 15) is 4.39 Å². The summed E-state index contributed by atoms with van der Waals surface area (Å²) in [6.07, 6.45) is 9.50. The van der Waals surface area contributed by atoms with E-state index >= 15 is 0 Å². The van der Waals surface area contributed by atoms with E-state index in [4.69, 9.17) is 0 Å². The largest absolute Gasteiger partial charge is 0.238 e. The topological polar surface area (TPSA) is 25.8 Å². The molecule has 1 aromatic rings. The molecule has 1 aromatic heterocycles. The average Bonchev–Trinajstić information content (AvgIpc) is 2.56. The number of aromatic nitrogens is 2. The van der Waals surface area contributed by atoms with Crippen molar-refractivity contribution in [3.05, 3.63) is 35.2 Å². The maximum Gasteiger partial charge on any atom is 0.162 e. The minimum atomic E-state index is -0.294. The summed E-state index contributed by atoms with van der Waals surface area (Å²) in [4.78, 5) is 8.52. The van der Waals surface area contributed by atoms with E-state index in [2.05, 4.69) is 36.8 Å². The van der Waals surface area contributed by atoms with Crippen molar-refractivity contribution in [2.45, 2.75) is 80.1 Å². The maximum absolute atomic E-state index is 13.5. The van der Waals surface area contributed by atoms with Gasteiger partial charge in [-0.25, -0.2) is 14.4 Å². The molecule has 0 fully saturated rings. The zero-order valence-electron chi connectivity index (χ0n) is 15.2. The number of hydrogen-bond acceptors (Lipinski definition) is 2. The molecule has 2 nitrogen and oxygen atoms in total. The molecule has 0 amide bonds. The Morgan fingerprint density at radius 1 is 1.18 bits per heavy atom. The molecule has 0 spiro atoms. The highest BCUT2D eigenvalue weighted by Crippen LogP contribution is 2.23. The quantitative estimate of drug-likeness (QED) is 0.558. The van der Waals surface area contributed by atoms with Gasteiger partial charge in [0.2, 0.25) is 0 Å². The molecule has 0 saturated carbocycles. The molecule has 0 N–H and O–H groups in total. The van der Waals surface area contributed by atoms with Gasteiger partial charge in [-0.15, -0.1) is 0 Å². The molecule has 0 atom stereocenters. The number of allylic oxidation sites excluding steroid dienone is 2. The van der Waals surface area contributed by atoms with Crippen LogP contribution in [0.5, 0.6) is 0 Å². The summed E-state index contributed by atoms with van der Waals surface area (Å²) < 4.78 is 13.5. The number of aryl methyl sites for hydroxylation is 1. The van der Waals surface area contributed by atoms with Gasteiger partial charge < -0.3 is 0 Å². The normalized spacial score (nSPS) is 11.4. The van der Waals surface area contributed by atoms with Crippen LogP contribution in [0.4, 0.5) is 4.39 Å². The van der Waals surface area contributed by atoms with Crippen molar-refractivity contribution in [2.24, 2.45) is 5.92 Å². The molecule has 0 radical (unpaired) electrons. The lowest BCUT2D eigenvalue weighted by Crippen LogP contribution is -2.09. The number of nitrogens with zero attached hydrogens (tertiary/aromatic N) is 2. The highest BCUT2D eigenvalue weighted by atomic mass is 19.1. The van der Waals surface area contributed by atoms with Crippen molar-refractivity contribution in [1.82, 2.24) is 9.97 Å². The summed E-state index contributed by atoms with van der Waals surface area (Å²) in [5.74, 6) is 1.04. The molecular formula is C19H33FN2. The fraction of sp³-hybridized carbons (Fsp3) is 0.684. The SMILES string of the molecule is CC.CCC/C=C(/Cc1ncc(F)c(CC)n1)C(CC)CC. The first-order valence-electron chi connectivity index (χ1n) is 8.85. The molecule has 0 aliphatic carbocycles. The van der Waals surface area contributed by atoms with Gasteiger partial charge in [-0.05, 0) is 31.6 Å². The average molecular weight is 308 g/mol. The predicted molar refractivity (Wildman–Crippen MR) is 93.5 cm³/mol. The molecule has 0 bridgehead atoms. The number of halogens is 1. The van der Waals surface area contributed by atoms with Crippen LogP contribution in [-0.2, 0) is 12.8 Å². The number of rotatable bonds is 8. The predicted octanol–water partition coefficient (Wildman–Crippen LogP) is 5.91. The Morgan fingerprint density at radius 2 is 1.82 bits per heavy atom. The van der Waals surface area contributed by atoms with Crippen LogP contribution < -0.4 is 0 Å². The summed E-state index contributed by atoms with van der Waals surface area (Å²) in [7, 11) is 0. The number of hydrogen-bond donors (Lipinski definition) is 0. The van der Waals surface area contributed by atoms with Crippen LogP contribution in [0.1, 0.15) is 78.7 Å². The second-order valence-electron chi connectivity index (χ2n) is 5.19. The zero-order chi connectivity index (χ0) is 17.0. The van der Waals surface area contributed by atoms with Crippen molar-refractivity contribution in [2.75, 3.05) is 0 Å². The molecule has 126 valence electrons. The van der Waals surface area contributed by atoms with E-state index in [1.165, 1.54) is 11.8 Å². The Morgan fingerprint density at radius 3 is 2.32 bits per heavy atom. The molecule has 0 aromatic carbocycles. The fourth-order valence-corrected chi connectivity index (χ4v) is 2.49. The van der Waals surface area contributed by atoms with Crippen LogP contribution in [0.3, 0.4) is 0 Å². The first-order chi connectivity index (χ1) is 10.7. The lowest BCUT2D eigenvalue weighted by molar-refractivity contribution is 0.548. The van der Waals surface area contributed by atoms with Gasteiger partial charge in [0.25, 0.3) is 0 Å². The van der Waals surface area contributed by atoms with Crippen molar-refractivity contribution in [3.8, 4) is 0 Å². The van der Waals surface area contributed by atoms with Gasteiger partial charge in [-0.3, -0.25) is 0 Å². The molecule has 1 heterocycles. The Kier molecular flexibility index (Phi) is 11.6. The molecule has 1 rings (SSSR count). The van der Waals surface area contributed by atoms with Gasteiger partial charge in [0.1, 0.15) is 5.82 Å². The Balaban J connectivity index is 0.00000211. The van der Waals surface area contributed by atoms with E-state index in [0.717, 1.165) is 37.9 Å². The van der Waals surface area contributed by atoms with Crippen molar-refractivity contribution in [1.29, 1.82) is 0 Å². The van der Waals surface area contributed by atoms with E-state index in [1.807, 2.05) is 20.8 Å². The van der Waals surface area contributed by atoms with Crippen molar-refractivity contribution in [3.63, 3.8) is 0 Å². The van der Waals surface area contributed by atoms with Crippen LogP contribution in [0.25, 0.3) is 0 Å². The maximum atomic E-state index is 13.5. The molecule has 3 heteroatoms. The molecule has 22 heavy (non-hydrogen) atoms. The molecule has 0 aliphatic heterocycles. The van der Waals surface area contributed by atoms with Gasteiger partial charge in [0.15, 0.2) is 5.82 Å². The second kappa shape index (κ2) is 12.3. The van der Waals surface area contributed by atoms with Gasteiger partial charge in [0, 0.05) is 6.42 Å². The van der Waals surface area contributed by atoms with Crippen LogP contribution in [0.15, 0.2) is 17.8 Å². The molecule has 0 aliphatic rings. The van der Waals surface area contributed by atoms with Gasteiger partial charge in [-0.1, -0.05) is 59.6 Å². The Hall–Kier alpha value is -1.25. The monoisotopic (exact) mass is 308 g/mol. The van der Waals surface area contributed by atoms with Gasteiger partial charge in [-0.2, -0.15) is 0 Å². The second-order valence-corrected chi connectivity index (χ2v) is 5.19.